The first-order valence-corrected chi connectivity index (χ1v) is 7.04. The van der Waals surface area contributed by atoms with E-state index in [1.807, 2.05) is 0 Å². The van der Waals surface area contributed by atoms with Crippen LogP contribution in [-0.4, -0.2) is 18.6 Å². The van der Waals surface area contributed by atoms with Gasteiger partial charge in [0, 0.05) is 25.3 Å². The number of hydrogen-bond acceptors (Lipinski definition) is 3. The molecule has 1 aliphatic rings. The molecule has 1 fully saturated rings. The van der Waals surface area contributed by atoms with Crippen molar-refractivity contribution in [1.29, 1.82) is 0 Å². The summed E-state index contributed by atoms with van der Waals surface area (Å²) in [6.45, 7) is 1.23. The fourth-order valence-corrected chi connectivity index (χ4v) is 2.30. The molecule has 0 bridgehead atoms. The second kappa shape index (κ2) is 7.36. The SMILES string of the molecule is NCc1ccc(CNC(=O)CC2CCCCO2)c(F)c1. The van der Waals surface area contributed by atoms with Crippen molar-refractivity contribution in [3.05, 3.63) is 35.1 Å². The molecule has 3 N–H and O–H groups in total. The molecule has 1 aliphatic heterocycles. The molecule has 2 rings (SSSR count). The summed E-state index contributed by atoms with van der Waals surface area (Å²) in [6, 6.07) is 4.84. The van der Waals surface area contributed by atoms with Crippen molar-refractivity contribution in [2.24, 2.45) is 5.73 Å². The van der Waals surface area contributed by atoms with Crippen LogP contribution in [-0.2, 0) is 22.6 Å². The lowest BCUT2D eigenvalue weighted by atomic mass is 10.1. The summed E-state index contributed by atoms with van der Waals surface area (Å²) < 4.78 is 19.2. The molecule has 1 aromatic rings. The predicted molar refractivity (Wildman–Crippen MR) is 74.3 cm³/mol. The minimum absolute atomic E-state index is 0.00760. The Balaban J connectivity index is 1.80. The number of amides is 1. The monoisotopic (exact) mass is 280 g/mol. The zero-order valence-corrected chi connectivity index (χ0v) is 11.5. The largest absolute Gasteiger partial charge is 0.378 e. The van der Waals surface area contributed by atoms with E-state index in [2.05, 4.69) is 5.32 Å². The van der Waals surface area contributed by atoms with E-state index in [4.69, 9.17) is 10.5 Å². The van der Waals surface area contributed by atoms with Gasteiger partial charge in [-0.3, -0.25) is 4.79 Å². The van der Waals surface area contributed by atoms with E-state index < -0.39 is 0 Å². The number of benzene rings is 1. The molecular weight excluding hydrogens is 259 g/mol. The first-order valence-electron chi connectivity index (χ1n) is 7.04. The van der Waals surface area contributed by atoms with Gasteiger partial charge in [0.05, 0.1) is 12.5 Å². The highest BCUT2D eigenvalue weighted by Crippen LogP contribution is 2.15. The molecule has 4 nitrogen and oxygen atoms in total. The molecule has 0 saturated carbocycles. The van der Waals surface area contributed by atoms with Crippen LogP contribution < -0.4 is 11.1 Å². The molecule has 5 heteroatoms. The molecule has 0 aliphatic carbocycles. The number of carbonyl (C=O) groups excluding carboxylic acids is 1. The second-order valence-electron chi connectivity index (χ2n) is 5.10. The van der Waals surface area contributed by atoms with Crippen molar-refractivity contribution >= 4 is 5.91 Å². The Bertz CT molecular complexity index is 459. The maximum absolute atomic E-state index is 13.7. The Labute approximate surface area is 118 Å². The fourth-order valence-electron chi connectivity index (χ4n) is 2.30. The summed E-state index contributed by atoms with van der Waals surface area (Å²) in [4.78, 5) is 11.8. The first kappa shape index (κ1) is 14.9. The van der Waals surface area contributed by atoms with Crippen LogP contribution in [0.25, 0.3) is 0 Å². The zero-order chi connectivity index (χ0) is 14.4. The van der Waals surface area contributed by atoms with E-state index in [1.165, 1.54) is 6.07 Å². The van der Waals surface area contributed by atoms with Crippen molar-refractivity contribution in [1.82, 2.24) is 5.32 Å². The summed E-state index contributed by atoms with van der Waals surface area (Å²) in [5.41, 5.74) is 6.66. The van der Waals surface area contributed by atoms with Gasteiger partial charge >= 0.3 is 0 Å². The molecule has 1 unspecified atom stereocenters. The maximum Gasteiger partial charge on any atom is 0.222 e. The third-order valence-corrected chi connectivity index (χ3v) is 3.52. The zero-order valence-electron chi connectivity index (χ0n) is 11.5. The van der Waals surface area contributed by atoms with Crippen molar-refractivity contribution in [3.8, 4) is 0 Å². The summed E-state index contributed by atoms with van der Waals surface area (Å²) >= 11 is 0. The lowest BCUT2D eigenvalue weighted by molar-refractivity contribution is -0.125. The van der Waals surface area contributed by atoms with Gasteiger partial charge in [0.1, 0.15) is 5.82 Å². The van der Waals surface area contributed by atoms with E-state index in [0.717, 1.165) is 31.4 Å². The summed E-state index contributed by atoms with van der Waals surface area (Å²) in [6.07, 6.45) is 3.45. The third-order valence-electron chi connectivity index (χ3n) is 3.52. The minimum Gasteiger partial charge on any atom is -0.378 e. The second-order valence-corrected chi connectivity index (χ2v) is 5.10. The quantitative estimate of drug-likeness (QED) is 0.865. The van der Waals surface area contributed by atoms with Gasteiger partial charge < -0.3 is 15.8 Å². The van der Waals surface area contributed by atoms with Crippen LogP contribution in [0.4, 0.5) is 4.39 Å². The first-order chi connectivity index (χ1) is 9.69. The molecule has 0 aromatic heterocycles. The van der Waals surface area contributed by atoms with Crippen LogP contribution in [0.5, 0.6) is 0 Å². The number of nitrogens with one attached hydrogen (secondary N) is 1. The van der Waals surface area contributed by atoms with E-state index in [-0.39, 0.29) is 24.4 Å². The third kappa shape index (κ3) is 4.28. The fraction of sp³-hybridized carbons (Fsp3) is 0.533. The Morgan fingerprint density at radius 1 is 1.45 bits per heavy atom. The molecule has 0 radical (unpaired) electrons. The molecule has 0 spiro atoms. The number of hydrogen-bond donors (Lipinski definition) is 2. The highest BCUT2D eigenvalue weighted by Gasteiger charge is 2.17. The van der Waals surface area contributed by atoms with E-state index >= 15 is 0 Å². The molecule has 1 aromatic carbocycles. The van der Waals surface area contributed by atoms with Crippen LogP contribution in [0, 0.1) is 5.82 Å². The normalized spacial score (nSPS) is 18.8. The number of ether oxygens (including phenoxy) is 1. The number of nitrogens with two attached hydrogens (primary N) is 1. The molecular formula is C15H21FN2O2. The summed E-state index contributed by atoms with van der Waals surface area (Å²) in [5, 5.41) is 2.73. The van der Waals surface area contributed by atoms with Crippen LogP contribution in [0.1, 0.15) is 36.8 Å². The van der Waals surface area contributed by atoms with Gasteiger partial charge in [-0.15, -0.1) is 0 Å². The maximum atomic E-state index is 13.7. The number of carbonyl (C=O) groups is 1. The van der Waals surface area contributed by atoms with Gasteiger partial charge in [-0.05, 0) is 30.9 Å². The van der Waals surface area contributed by atoms with Crippen molar-refractivity contribution in [2.45, 2.75) is 44.9 Å². The van der Waals surface area contributed by atoms with E-state index in [9.17, 15) is 9.18 Å². The summed E-state index contributed by atoms with van der Waals surface area (Å²) in [7, 11) is 0. The van der Waals surface area contributed by atoms with Crippen LogP contribution >= 0.6 is 0 Å². The minimum atomic E-state index is -0.331. The highest BCUT2D eigenvalue weighted by atomic mass is 19.1. The molecule has 1 saturated heterocycles. The summed E-state index contributed by atoms with van der Waals surface area (Å²) in [5.74, 6) is -0.429. The molecule has 1 heterocycles. The van der Waals surface area contributed by atoms with Gasteiger partial charge in [0.2, 0.25) is 5.91 Å². The lowest BCUT2D eigenvalue weighted by Crippen LogP contribution is -2.30. The van der Waals surface area contributed by atoms with Gasteiger partial charge in [0.25, 0.3) is 0 Å². The Morgan fingerprint density at radius 3 is 2.95 bits per heavy atom. The van der Waals surface area contributed by atoms with Crippen LogP contribution in [0.2, 0.25) is 0 Å². The van der Waals surface area contributed by atoms with E-state index in [0.29, 0.717) is 18.5 Å². The molecule has 110 valence electrons. The Kier molecular flexibility index (Phi) is 5.49. The van der Waals surface area contributed by atoms with Crippen molar-refractivity contribution in [2.75, 3.05) is 6.61 Å². The average Bonchev–Trinajstić information content (AvgIpc) is 2.47. The topological polar surface area (TPSA) is 64.3 Å². The average molecular weight is 280 g/mol. The predicted octanol–water partition coefficient (Wildman–Crippen LogP) is 1.86. The molecule has 1 amide bonds. The lowest BCUT2D eigenvalue weighted by Gasteiger charge is -2.21. The smallest absolute Gasteiger partial charge is 0.222 e. The van der Waals surface area contributed by atoms with Gasteiger partial charge in [-0.1, -0.05) is 12.1 Å². The standard InChI is InChI=1S/C15H21FN2O2/c16-14-7-11(9-17)4-5-12(14)10-18-15(19)8-13-3-1-2-6-20-13/h4-5,7,13H,1-3,6,8-10,17H2,(H,18,19). The molecule has 1 atom stereocenters. The van der Waals surface area contributed by atoms with Crippen molar-refractivity contribution in [3.63, 3.8) is 0 Å². The van der Waals surface area contributed by atoms with Gasteiger partial charge in [-0.2, -0.15) is 0 Å². The Morgan fingerprint density at radius 2 is 2.30 bits per heavy atom. The van der Waals surface area contributed by atoms with Gasteiger partial charge in [0.15, 0.2) is 0 Å². The van der Waals surface area contributed by atoms with Gasteiger partial charge in [-0.25, -0.2) is 4.39 Å². The molecule has 20 heavy (non-hydrogen) atoms. The number of halogens is 1. The van der Waals surface area contributed by atoms with Crippen molar-refractivity contribution < 1.29 is 13.9 Å². The Hall–Kier alpha value is -1.46. The van der Waals surface area contributed by atoms with E-state index in [1.54, 1.807) is 12.1 Å². The van der Waals surface area contributed by atoms with Crippen LogP contribution in [0.15, 0.2) is 18.2 Å². The number of rotatable bonds is 5. The van der Waals surface area contributed by atoms with Crippen LogP contribution in [0.3, 0.4) is 0 Å². The highest BCUT2D eigenvalue weighted by molar-refractivity contribution is 5.76.